The van der Waals surface area contributed by atoms with Crippen molar-refractivity contribution in [3.05, 3.63) is 48.2 Å². The van der Waals surface area contributed by atoms with Crippen molar-refractivity contribution in [2.75, 3.05) is 6.61 Å². The number of benzene rings is 1. The van der Waals surface area contributed by atoms with Gasteiger partial charge in [-0.3, -0.25) is 9.89 Å². The van der Waals surface area contributed by atoms with Crippen molar-refractivity contribution in [3.8, 4) is 0 Å². The maximum absolute atomic E-state index is 12.5. The first kappa shape index (κ1) is 15.8. The second kappa shape index (κ2) is 6.68. The fourth-order valence-electron chi connectivity index (χ4n) is 3.38. The van der Waals surface area contributed by atoms with Gasteiger partial charge in [0.25, 0.3) is 0 Å². The third-order valence-corrected chi connectivity index (χ3v) is 4.65. The molecule has 0 spiro atoms. The molecule has 0 saturated carbocycles. The standard InChI is InChI=1S/C18H21N5O2/c1-2-23-7-6-19-18(23)17-15(5-8-25-17)21-16(24)10-12-3-4-14-13(9-12)11-20-22-14/h3-4,6-7,9,11,15,17H,2,5,8,10H2,1H3,(H,20,22)(H,21,24)/t15-,17-/m0/s1. The molecule has 2 aromatic heterocycles. The Morgan fingerprint density at radius 2 is 2.40 bits per heavy atom. The first-order valence-electron chi connectivity index (χ1n) is 8.58. The van der Waals surface area contributed by atoms with Crippen molar-refractivity contribution in [2.24, 2.45) is 0 Å². The minimum absolute atomic E-state index is 0.00190. The van der Waals surface area contributed by atoms with Crippen LogP contribution in [0.5, 0.6) is 0 Å². The van der Waals surface area contributed by atoms with Gasteiger partial charge in [0.05, 0.1) is 24.2 Å². The Morgan fingerprint density at radius 1 is 1.48 bits per heavy atom. The summed E-state index contributed by atoms with van der Waals surface area (Å²) in [4.78, 5) is 16.9. The molecule has 25 heavy (non-hydrogen) atoms. The van der Waals surface area contributed by atoms with Crippen LogP contribution in [0.2, 0.25) is 0 Å². The fourth-order valence-corrected chi connectivity index (χ4v) is 3.38. The van der Waals surface area contributed by atoms with Gasteiger partial charge >= 0.3 is 0 Å². The van der Waals surface area contributed by atoms with Gasteiger partial charge in [0, 0.05) is 30.9 Å². The molecule has 1 aromatic carbocycles. The number of aromatic nitrogens is 4. The molecule has 7 nitrogen and oxygen atoms in total. The van der Waals surface area contributed by atoms with Crippen molar-refractivity contribution in [1.29, 1.82) is 0 Å². The zero-order valence-corrected chi connectivity index (χ0v) is 14.1. The molecule has 0 bridgehead atoms. The summed E-state index contributed by atoms with van der Waals surface area (Å²) >= 11 is 0. The summed E-state index contributed by atoms with van der Waals surface area (Å²) < 4.78 is 7.90. The molecule has 4 rings (SSSR count). The second-order valence-electron chi connectivity index (χ2n) is 6.29. The van der Waals surface area contributed by atoms with E-state index in [0.717, 1.165) is 35.3 Å². The average Bonchev–Trinajstić information content (AvgIpc) is 3.33. The molecule has 1 aliphatic rings. The summed E-state index contributed by atoms with van der Waals surface area (Å²) in [5.74, 6) is 0.878. The SMILES string of the molecule is CCn1ccnc1[C@H]1OCC[C@@H]1NC(=O)Cc1ccc2[nH]ncc2c1. The summed E-state index contributed by atoms with van der Waals surface area (Å²) in [5.41, 5.74) is 1.94. The number of aryl methyl sites for hydroxylation is 1. The number of hydrogen-bond acceptors (Lipinski definition) is 4. The van der Waals surface area contributed by atoms with E-state index in [4.69, 9.17) is 4.74 Å². The third kappa shape index (κ3) is 3.15. The van der Waals surface area contributed by atoms with E-state index in [1.807, 2.05) is 24.4 Å². The molecule has 2 atom stereocenters. The van der Waals surface area contributed by atoms with E-state index in [9.17, 15) is 4.79 Å². The van der Waals surface area contributed by atoms with E-state index >= 15 is 0 Å². The van der Waals surface area contributed by atoms with Crippen molar-refractivity contribution in [3.63, 3.8) is 0 Å². The van der Waals surface area contributed by atoms with E-state index in [2.05, 4.69) is 32.0 Å². The molecule has 0 unspecified atom stereocenters. The summed E-state index contributed by atoms with van der Waals surface area (Å²) in [5, 5.41) is 11.1. The number of nitrogens with zero attached hydrogens (tertiary/aromatic N) is 3. The second-order valence-corrected chi connectivity index (χ2v) is 6.29. The van der Waals surface area contributed by atoms with Gasteiger partial charge in [-0.25, -0.2) is 4.98 Å². The summed E-state index contributed by atoms with van der Waals surface area (Å²) in [6.07, 6.45) is 6.44. The van der Waals surface area contributed by atoms with Crippen LogP contribution in [0.25, 0.3) is 10.9 Å². The van der Waals surface area contributed by atoms with Gasteiger partial charge in [-0.15, -0.1) is 0 Å². The van der Waals surface area contributed by atoms with Crippen LogP contribution in [-0.4, -0.2) is 38.3 Å². The van der Waals surface area contributed by atoms with Crippen molar-refractivity contribution < 1.29 is 9.53 Å². The van der Waals surface area contributed by atoms with Crippen LogP contribution in [0.1, 0.15) is 30.8 Å². The average molecular weight is 339 g/mol. The number of aromatic amines is 1. The number of nitrogens with one attached hydrogen (secondary N) is 2. The minimum atomic E-state index is -0.185. The molecule has 1 aliphatic heterocycles. The Morgan fingerprint density at radius 3 is 3.28 bits per heavy atom. The molecule has 3 aromatic rings. The summed E-state index contributed by atoms with van der Waals surface area (Å²) in [7, 11) is 0. The topological polar surface area (TPSA) is 84.8 Å². The van der Waals surface area contributed by atoms with Gasteiger partial charge in [0.15, 0.2) is 0 Å². The Hall–Kier alpha value is -2.67. The van der Waals surface area contributed by atoms with E-state index in [-0.39, 0.29) is 18.1 Å². The maximum Gasteiger partial charge on any atom is 0.224 e. The number of imidazole rings is 1. The van der Waals surface area contributed by atoms with Crippen LogP contribution in [-0.2, 0) is 22.5 Å². The van der Waals surface area contributed by atoms with Gasteiger partial charge in [-0.1, -0.05) is 6.07 Å². The van der Waals surface area contributed by atoms with E-state index in [1.165, 1.54) is 0 Å². The third-order valence-electron chi connectivity index (χ3n) is 4.65. The highest BCUT2D eigenvalue weighted by Crippen LogP contribution is 2.28. The van der Waals surface area contributed by atoms with Crippen LogP contribution in [0.15, 0.2) is 36.8 Å². The Balaban J connectivity index is 1.44. The zero-order chi connectivity index (χ0) is 17.2. The van der Waals surface area contributed by atoms with E-state index in [1.54, 1.807) is 12.4 Å². The number of ether oxygens (including phenoxy) is 1. The Kier molecular flexibility index (Phi) is 4.23. The highest BCUT2D eigenvalue weighted by molar-refractivity contribution is 5.83. The molecule has 1 amide bonds. The van der Waals surface area contributed by atoms with Gasteiger partial charge in [-0.05, 0) is 31.0 Å². The lowest BCUT2D eigenvalue weighted by Crippen LogP contribution is -2.38. The quantitative estimate of drug-likeness (QED) is 0.744. The maximum atomic E-state index is 12.5. The first-order chi connectivity index (χ1) is 12.2. The smallest absolute Gasteiger partial charge is 0.224 e. The van der Waals surface area contributed by atoms with Crippen LogP contribution in [0.4, 0.5) is 0 Å². The molecule has 130 valence electrons. The number of carbonyl (C=O) groups excluding carboxylic acids is 1. The van der Waals surface area contributed by atoms with Crippen LogP contribution < -0.4 is 5.32 Å². The lowest BCUT2D eigenvalue weighted by atomic mass is 10.1. The van der Waals surface area contributed by atoms with E-state index in [0.29, 0.717) is 13.0 Å². The number of amides is 1. The Labute approximate surface area is 145 Å². The Bertz CT molecular complexity index is 884. The number of hydrogen-bond donors (Lipinski definition) is 2. The molecule has 0 radical (unpaired) electrons. The predicted molar refractivity (Wildman–Crippen MR) is 92.9 cm³/mol. The lowest BCUT2D eigenvalue weighted by Gasteiger charge is -2.20. The number of rotatable bonds is 5. The molecule has 0 aliphatic carbocycles. The van der Waals surface area contributed by atoms with Gasteiger partial charge in [0.1, 0.15) is 11.9 Å². The largest absolute Gasteiger partial charge is 0.368 e. The molecule has 1 saturated heterocycles. The van der Waals surface area contributed by atoms with Crippen molar-refractivity contribution in [1.82, 2.24) is 25.1 Å². The molecule has 7 heteroatoms. The van der Waals surface area contributed by atoms with Crippen LogP contribution in [0.3, 0.4) is 0 Å². The molecular weight excluding hydrogens is 318 g/mol. The van der Waals surface area contributed by atoms with Crippen molar-refractivity contribution in [2.45, 2.75) is 38.5 Å². The predicted octanol–water partition coefficient (Wildman–Crippen LogP) is 1.97. The van der Waals surface area contributed by atoms with Crippen molar-refractivity contribution >= 4 is 16.8 Å². The zero-order valence-electron chi connectivity index (χ0n) is 14.1. The fraction of sp³-hybridized carbons (Fsp3) is 0.389. The number of carbonyl (C=O) groups is 1. The number of H-pyrrole nitrogens is 1. The van der Waals surface area contributed by atoms with Crippen LogP contribution in [0, 0.1) is 0 Å². The minimum Gasteiger partial charge on any atom is -0.368 e. The monoisotopic (exact) mass is 339 g/mol. The highest BCUT2D eigenvalue weighted by Gasteiger charge is 2.33. The van der Waals surface area contributed by atoms with Gasteiger partial charge in [0.2, 0.25) is 5.91 Å². The number of fused-ring (bicyclic) bond motifs is 1. The summed E-state index contributed by atoms with van der Waals surface area (Å²) in [6, 6.07) is 5.85. The van der Waals surface area contributed by atoms with E-state index < -0.39 is 0 Å². The van der Waals surface area contributed by atoms with Crippen LogP contribution >= 0.6 is 0 Å². The highest BCUT2D eigenvalue weighted by atomic mass is 16.5. The lowest BCUT2D eigenvalue weighted by molar-refractivity contribution is -0.121. The van der Waals surface area contributed by atoms with Gasteiger partial charge in [-0.2, -0.15) is 5.10 Å². The normalized spacial score (nSPS) is 20.2. The molecule has 2 N–H and O–H groups in total. The van der Waals surface area contributed by atoms with Gasteiger partial charge < -0.3 is 14.6 Å². The summed E-state index contributed by atoms with van der Waals surface area (Å²) in [6.45, 7) is 3.54. The molecular formula is C18H21N5O2. The molecule has 3 heterocycles. The first-order valence-corrected chi connectivity index (χ1v) is 8.58. The molecule has 1 fully saturated rings.